The van der Waals surface area contributed by atoms with Gasteiger partial charge in [-0.1, -0.05) is 152 Å². The molecule has 0 spiro atoms. The van der Waals surface area contributed by atoms with Gasteiger partial charge < -0.3 is 5.11 Å². The first-order valence-electron chi connectivity index (χ1n) is 23.2. The Bertz CT molecular complexity index is 3260. The van der Waals surface area contributed by atoms with E-state index in [1.54, 1.807) is 0 Å². The topological polar surface area (TPSA) is 50.9 Å². The molecule has 0 bridgehead atoms. The van der Waals surface area contributed by atoms with E-state index in [2.05, 4.69) is 154 Å². The van der Waals surface area contributed by atoms with Crippen LogP contribution >= 0.6 is 0 Å². The molecule has 318 valence electrons. The smallest absolute Gasteiger partial charge is 0.149 e. The minimum absolute atomic E-state index is 0.0136. The molecule has 9 aromatic rings. The quantitative estimate of drug-likeness (QED) is 0.158. The molecule has 0 saturated heterocycles. The minimum atomic E-state index is -0.836. The highest BCUT2D eigenvalue weighted by Gasteiger charge is 2.24. The van der Waals surface area contributed by atoms with E-state index >= 15 is 0 Å². The molecule has 0 radical (unpaired) electrons. The van der Waals surface area contributed by atoms with Gasteiger partial charge in [-0.2, -0.15) is 0 Å². The number of nitrogens with zero attached hydrogens (tertiary/aromatic N) is 3. The van der Waals surface area contributed by atoms with Crippen LogP contribution in [-0.2, 0) is 5.41 Å². The number of phenolic OH excluding ortho intramolecular Hbond substituents is 1. The fourth-order valence-corrected chi connectivity index (χ4v) is 8.80. The lowest BCUT2D eigenvalue weighted by Crippen LogP contribution is -2.10. The summed E-state index contributed by atoms with van der Waals surface area (Å²) in [5.74, 6) is -0.700. The van der Waals surface area contributed by atoms with Crippen LogP contribution in [0.25, 0.3) is 83.9 Å². The summed E-state index contributed by atoms with van der Waals surface area (Å²) in [6.45, 7) is 18.3. The third-order valence-corrected chi connectivity index (χ3v) is 12.5. The maximum Gasteiger partial charge on any atom is 0.149 e. The van der Waals surface area contributed by atoms with E-state index in [0.29, 0.717) is 11.4 Å². The largest absolute Gasteiger partial charge is 0.507 e. The van der Waals surface area contributed by atoms with E-state index in [1.807, 2.05) is 77.2 Å². The molecule has 2 aromatic heterocycles. The molecule has 1 N–H and O–H groups in total. The molecule has 0 aliphatic carbocycles. The molecule has 4 heteroatoms. The number of hydrogen-bond donors (Lipinski definition) is 1. The summed E-state index contributed by atoms with van der Waals surface area (Å²) in [5, 5.41) is 11.9. The first-order chi connectivity index (χ1) is 31.3. The third kappa shape index (κ3) is 8.17. The standard InChI is InChI=1S/C60H57N3O/c1-37(2)41-18-20-43(21-19-41)46-28-29-61-54(36-46)49-33-47(42-14-11-10-12-15-42)32-48(34-49)51-16-13-17-56-57(51)62-59(53-31-39(5)30-40(6)58(53)64)63(56)55-27-24-45(38(3)4)35-52(55)44-22-25-50(26-23-44)60(7,8)9/h10-38,64H,1-9H3/i37D,38D. The molecule has 4 nitrogen and oxygen atoms in total. The van der Waals surface area contributed by atoms with Crippen molar-refractivity contribution in [3.63, 3.8) is 0 Å². The van der Waals surface area contributed by atoms with Gasteiger partial charge in [0, 0.05) is 25.6 Å². The first-order valence-corrected chi connectivity index (χ1v) is 22.2. The summed E-state index contributed by atoms with van der Waals surface area (Å²) in [5.41, 5.74) is 18.1. The zero-order valence-corrected chi connectivity index (χ0v) is 38.4. The number of hydrogen-bond acceptors (Lipinski definition) is 3. The number of rotatable bonds is 9. The zero-order valence-electron chi connectivity index (χ0n) is 40.4. The van der Waals surface area contributed by atoms with Gasteiger partial charge in [0.15, 0.2) is 0 Å². The average molecular weight is 838 g/mol. The molecular formula is C60H57N3O. The normalized spacial score (nSPS) is 12.6. The number of aromatic hydroxyl groups is 1. The fourth-order valence-electron chi connectivity index (χ4n) is 8.80. The van der Waals surface area contributed by atoms with E-state index in [9.17, 15) is 5.11 Å². The van der Waals surface area contributed by atoms with E-state index in [0.717, 1.165) is 94.7 Å². The second kappa shape index (κ2) is 16.9. The highest BCUT2D eigenvalue weighted by atomic mass is 16.3. The summed E-state index contributed by atoms with van der Waals surface area (Å²) in [4.78, 5) is 10.5. The van der Waals surface area contributed by atoms with Gasteiger partial charge in [0.1, 0.15) is 11.6 Å². The molecule has 0 saturated carbocycles. The maximum absolute atomic E-state index is 11.9. The van der Waals surface area contributed by atoms with Crippen LogP contribution in [0.4, 0.5) is 0 Å². The molecule has 0 unspecified atom stereocenters. The summed E-state index contributed by atoms with van der Waals surface area (Å²) >= 11 is 0. The van der Waals surface area contributed by atoms with Gasteiger partial charge in [-0.15, -0.1) is 0 Å². The second-order valence-electron chi connectivity index (χ2n) is 18.7. The van der Waals surface area contributed by atoms with Crippen molar-refractivity contribution in [2.75, 3.05) is 0 Å². The number of benzene rings is 7. The Labute approximate surface area is 381 Å². The number of para-hydroxylation sites is 1. The van der Waals surface area contributed by atoms with Crippen molar-refractivity contribution in [3.8, 4) is 78.6 Å². The van der Waals surface area contributed by atoms with Crippen LogP contribution < -0.4 is 0 Å². The van der Waals surface area contributed by atoms with Crippen LogP contribution in [0.5, 0.6) is 5.75 Å². The van der Waals surface area contributed by atoms with Crippen molar-refractivity contribution < 1.29 is 7.85 Å². The number of aryl methyl sites for hydroxylation is 2. The van der Waals surface area contributed by atoms with Crippen molar-refractivity contribution >= 4 is 11.0 Å². The van der Waals surface area contributed by atoms with Crippen molar-refractivity contribution in [2.24, 2.45) is 0 Å². The minimum Gasteiger partial charge on any atom is -0.507 e. The van der Waals surface area contributed by atoms with E-state index < -0.39 is 11.8 Å². The number of pyridine rings is 1. The van der Waals surface area contributed by atoms with E-state index in [4.69, 9.17) is 12.7 Å². The summed E-state index contributed by atoms with van der Waals surface area (Å²) in [6, 6.07) is 55.0. The van der Waals surface area contributed by atoms with Gasteiger partial charge in [-0.05, 0) is 147 Å². The summed E-state index contributed by atoms with van der Waals surface area (Å²) in [7, 11) is 0. The Morgan fingerprint density at radius 2 is 1.20 bits per heavy atom. The highest BCUT2D eigenvalue weighted by molar-refractivity contribution is 5.98. The monoisotopic (exact) mass is 837 g/mol. The lowest BCUT2D eigenvalue weighted by Gasteiger charge is -2.21. The molecule has 7 aromatic carbocycles. The van der Waals surface area contributed by atoms with Crippen molar-refractivity contribution in [1.29, 1.82) is 0 Å². The molecule has 0 atom stereocenters. The number of fused-ring (bicyclic) bond motifs is 1. The van der Waals surface area contributed by atoms with Crippen LogP contribution in [0.1, 0.15) is 90.8 Å². The number of phenols is 1. The van der Waals surface area contributed by atoms with Crippen LogP contribution in [0.3, 0.4) is 0 Å². The van der Waals surface area contributed by atoms with E-state index in [-0.39, 0.29) is 11.2 Å². The zero-order chi connectivity index (χ0) is 46.7. The number of imidazole rings is 1. The van der Waals surface area contributed by atoms with Gasteiger partial charge in [-0.3, -0.25) is 9.55 Å². The first kappa shape index (κ1) is 39.8. The molecule has 64 heavy (non-hydrogen) atoms. The Kier molecular flexibility index (Phi) is 10.5. The molecule has 0 fully saturated rings. The van der Waals surface area contributed by atoms with Crippen molar-refractivity contribution in [2.45, 2.75) is 79.5 Å². The Morgan fingerprint density at radius 3 is 1.91 bits per heavy atom. The maximum atomic E-state index is 11.9. The molecular weight excluding hydrogens is 779 g/mol. The Balaban J connectivity index is 1.29. The van der Waals surface area contributed by atoms with Crippen LogP contribution in [0.15, 0.2) is 164 Å². The van der Waals surface area contributed by atoms with E-state index in [1.165, 1.54) is 5.56 Å². The van der Waals surface area contributed by atoms with Crippen LogP contribution in [0.2, 0.25) is 0 Å². The molecule has 0 aliphatic rings. The van der Waals surface area contributed by atoms with Gasteiger partial charge in [0.25, 0.3) is 0 Å². The van der Waals surface area contributed by atoms with Gasteiger partial charge >= 0.3 is 0 Å². The summed E-state index contributed by atoms with van der Waals surface area (Å²) < 4.78 is 19.8. The third-order valence-electron chi connectivity index (χ3n) is 12.5. The molecule has 2 heterocycles. The predicted octanol–water partition coefficient (Wildman–Crippen LogP) is 16.3. The van der Waals surface area contributed by atoms with Gasteiger partial charge in [0.05, 0.1) is 28.0 Å². The van der Waals surface area contributed by atoms with Gasteiger partial charge in [-0.25, -0.2) is 4.98 Å². The molecule has 0 amide bonds. The summed E-state index contributed by atoms with van der Waals surface area (Å²) in [6.07, 6.45) is 1.87. The van der Waals surface area contributed by atoms with Crippen molar-refractivity contribution in [3.05, 3.63) is 192 Å². The fraction of sp³-hybridized carbons (Fsp3) is 0.200. The highest BCUT2D eigenvalue weighted by Crippen LogP contribution is 2.43. The molecule has 9 rings (SSSR count). The predicted molar refractivity (Wildman–Crippen MR) is 269 cm³/mol. The second-order valence-corrected chi connectivity index (χ2v) is 18.7. The lowest BCUT2D eigenvalue weighted by atomic mass is 9.86. The van der Waals surface area contributed by atoms with Crippen LogP contribution in [0, 0.1) is 13.8 Å². The Hall–Kier alpha value is -7.04. The van der Waals surface area contributed by atoms with Crippen molar-refractivity contribution in [1.82, 2.24) is 14.5 Å². The average Bonchev–Trinajstić information content (AvgIpc) is 3.69. The molecule has 0 aliphatic heterocycles. The lowest BCUT2D eigenvalue weighted by molar-refractivity contribution is 0.472. The van der Waals surface area contributed by atoms with Gasteiger partial charge in [0.2, 0.25) is 0 Å². The number of aromatic nitrogens is 3. The SMILES string of the molecule is [2H]C(C)(C)c1ccc(-c2ccnc(-c3cc(-c4ccccc4)cc(-c4cccc5c4nc(-c4cc(C)cc(C)c4O)n5-c4ccc(C([2H])(C)C)cc4-c4ccc(C(C)(C)C)cc4)c3)c2)cc1. The van der Waals surface area contributed by atoms with Crippen LogP contribution in [-0.4, -0.2) is 19.6 Å². The Morgan fingerprint density at radius 1 is 0.547 bits per heavy atom.